The first kappa shape index (κ1) is 19.3. The molecule has 1 N–H and O–H groups in total. The Bertz CT molecular complexity index is 747. The second-order valence-corrected chi connectivity index (χ2v) is 7.46. The van der Waals surface area contributed by atoms with Gasteiger partial charge in [-0.25, -0.2) is 9.97 Å². The summed E-state index contributed by atoms with van der Waals surface area (Å²) in [4.78, 5) is 24.3. The first-order chi connectivity index (χ1) is 13.2. The van der Waals surface area contributed by atoms with Gasteiger partial charge in [-0.05, 0) is 25.2 Å². The van der Waals surface area contributed by atoms with Crippen molar-refractivity contribution in [3.8, 4) is 11.4 Å². The molecule has 1 aliphatic rings. The van der Waals surface area contributed by atoms with Gasteiger partial charge in [-0.2, -0.15) is 0 Å². The summed E-state index contributed by atoms with van der Waals surface area (Å²) in [6, 6.07) is 11.7. The standard InChI is InChI=1S/C22H30N4O/c1-3-4-8-13-23-20-15-19(22(27)26-14-9-10-17(2)16-26)24-21(25-20)18-11-6-5-7-12-18/h5-7,11-12,15,17H,3-4,8-10,13-14,16H2,1-2H3,(H,23,24,25). The molecule has 1 amide bonds. The molecule has 1 unspecified atom stereocenters. The van der Waals surface area contributed by atoms with Gasteiger partial charge in [0.2, 0.25) is 0 Å². The van der Waals surface area contributed by atoms with E-state index in [4.69, 9.17) is 0 Å². The van der Waals surface area contributed by atoms with E-state index in [0.29, 0.717) is 17.4 Å². The molecule has 0 spiro atoms. The highest BCUT2D eigenvalue weighted by molar-refractivity contribution is 5.93. The number of likely N-dealkylation sites (tertiary alicyclic amines) is 1. The van der Waals surface area contributed by atoms with Crippen molar-refractivity contribution in [3.63, 3.8) is 0 Å². The van der Waals surface area contributed by atoms with Gasteiger partial charge in [0, 0.05) is 31.3 Å². The molecule has 3 rings (SSSR count). The predicted molar refractivity (Wildman–Crippen MR) is 110 cm³/mol. The molecule has 1 atom stereocenters. The van der Waals surface area contributed by atoms with Crippen LogP contribution in [0.25, 0.3) is 11.4 Å². The molecule has 2 heterocycles. The van der Waals surface area contributed by atoms with Gasteiger partial charge in [0.25, 0.3) is 5.91 Å². The normalized spacial score (nSPS) is 17.0. The van der Waals surface area contributed by atoms with Crippen molar-refractivity contribution in [2.75, 3.05) is 25.0 Å². The van der Waals surface area contributed by atoms with E-state index in [1.54, 1.807) is 6.07 Å². The van der Waals surface area contributed by atoms with E-state index in [2.05, 4.69) is 29.1 Å². The van der Waals surface area contributed by atoms with E-state index in [-0.39, 0.29) is 5.91 Å². The number of carbonyl (C=O) groups is 1. The van der Waals surface area contributed by atoms with Crippen molar-refractivity contribution in [2.45, 2.75) is 46.0 Å². The van der Waals surface area contributed by atoms with E-state index in [9.17, 15) is 4.79 Å². The first-order valence-corrected chi connectivity index (χ1v) is 10.1. The van der Waals surface area contributed by atoms with Gasteiger partial charge in [-0.1, -0.05) is 57.0 Å². The Hall–Kier alpha value is -2.43. The number of hydrogen-bond acceptors (Lipinski definition) is 4. The summed E-state index contributed by atoms with van der Waals surface area (Å²) >= 11 is 0. The quantitative estimate of drug-likeness (QED) is 0.727. The minimum atomic E-state index is 0.0118. The Balaban J connectivity index is 1.86. The molecule has 0 radical (unpaired) electrons. The fourth-order valence-electron chi connectivity index (χ4n) is 3.49. The number of nitrogens with zero attached hydrogens (tertiary/aromatic N) is 3. The third-order valence-electron chi connectivity index (χ3n) is 5.01. The number of rotatable bonds is 7. The highest BCUT2D eigenvalue weighted by Gasteiger charge is 2.24. The maximum absolute atomic E-state index is 13.1. The van der Waals surface area contributed by atoms with Crippen LogP contribution in [0, 0.1) is 5.92 Å². The van der Waals surface area contributed by atoms with Crippen LogP contribution >= 0.6 is 0 Å². The maximum Gasteiger partial charge on any atom is 0.272 e. The summed E-state index contributed by atoms with van der Waals surface area (Å²) in [5.41, 5.74) is 1.41. The summed E-state index contributed by atoms with van der Waals surface area (Å²) in [6.45, 7) is 6.87. The molecule has 144 valence electrons. The lowest BCUT2D eigenvalue weighted by Crippen LogP contribution is -2.39. The van der Waals surface area contributed by atoms with Crippen LogP contribution < -0.4 is 5.32 Å². The molecule has 2 aromatic rings. The Kier molecular flexibility index (Phi) is 6.80. The minimum absolute atomic E-state index is 0.0118. The Morgan fingerprint density at radius 2 is 2.04 bits per heavy atom. The number of carbonyl (C=O) groups excluding carboxylic acids is 1. The van der Waals surface area contributed by atoms with Crippen molar-refractivity contribution in [3.05, 3.63) is 42.1 Å². The van der Waals surface area contributed by atoms with Gasteiger partial charge >= 0.3 is 0 Å². The van der Waals surface area contributed by atoms with Crippen molar-refractivity contribution in [1.82, 2.24) is 14.9 Å². The number of aromatic nitrogens is 2. The number of piperidine rings is 1. The van der Waals surface area contributed by atoms with Crippen LogP contribution in [0.3, 0.4) is 0 Å². The molecular formula is C22H30N4O. The Morgan fingerprint density at radius 3 is 2.78 bits per heavy atom. The summed E-state index contributed by atoms with van der Waals surface area (Å²) in [6.07, 6.45) is 5.70. The molecule has 1 aromatic carbocycles. The molecule has 5 nitrogen and oxygen atoms in total. The van der Waals surface area contributed by atoms with Gasteiger partial charge in [0.05, 0.1) is 0 Å². The zero-order valence-electron chi connectivity index (χ0n) is 16.4. The summed E-state index contributed by atoms with van der Waals surface area (Å²) < 4.78 is 0. The molecule has 5 heteroatoms. The molecular weight excluding hydrogens is 336 g/mol. The van der Waals surface area contributed by atoms with Crippen molar-refractivity contribution in [1.29, 1.82) is 0 Å². The van der Waals surface area contributed by atoms with E-state index in [0.717, 1.165) is 43.9 Å². The molecule has 1 aliphatic heterocycles. The number of hydrogen-bond donors (Lipinski definition) is 1. The number of amides is 1. The summed E-state index contributed by atoms with van der Waals surface area (Å²) in [7, 11) is 0. The number of nitrogens with one attached hydrogen (secondary N) is 1. The van der Waals surface area contributed by atoms with Gasteiger partial charge < -0.3 is 10.2 Å². The lowest BCUT2D eigenvalue weighted by atomic mass is 10.00. The topological polar surface area (TPSA) is 58.1 Å². The number of unbranched alkanes of at least 4 members (excludes halogenated alkanes) is 2. The van der Waals surface area contributed by atoms with Gasteiger partial charge in [0.1, 0.15) is 11.5 Å². The molecule has 1 fully saturated rings. The average molecular weight is 367 g/mol. The van der Waals surface area contributed by atoms with E-state index >= 15 is 0 Å². The molecule has 0 saturated carbocycles. The minimum Gasteiger partial charge on any atom is -0.370 e. The van der Waals surface area contributed by atoms with Gasteiger partial charge in [-0.3, -0.25) is 4.79 Å². The Labute approximate surface area is 162 Å². The molecule has 1 aromatic heterocycles. The lowest BCUT2D eigenvalue weighted by Gasteiger charge is -2.30. The second kappa shape index (κ2) is 9.49. The van der Waals surface area contributed by atoms with E-state index < -0.39 is 0 Å². The average Bonchev–Trinajstić information content (AvgIpc) is 2.71. The monoisotopic (exact) mass is 366 g/mol. The van der Waals surface area contributed by atoms with Gasteiger partial charge in [0.15, 0.2) is 5.82 Å². The van der Waals surface area contributed by atoms with Crippen molar-refractivity contribution in [2.24, 2.45) is 5.92 Å². The fourth-order valence-corrected chi connectivity index (χ4v) is 3.49. The number of benzene rings is 1. The van der Waals surface area contributed by atoms with Gasteiger partial charge in [-0.15, -0.1) is 0 Å². The Morgan fingerprint density at radius 1 is 1.22 bits per heavy atom. The molecule has 1 saturated heterocycles. The van der Waals surface area contributed by atoms with Crippen molar-refractivity contribution < 1.29 is 4.79 Å². The summed E-state index contributed by atoms with van der Waals surface area (Å²) in [5.74, 6) is 1.89. The SMILES string of the molecule is CCCCCNc1cc(C(=O)N2CCCC(C)C2)nc(-c2ccccc2)n1. The van der Waals surface area contributed by atoms with Crippen LogP contribution in [0.5, 0.6) is 0 Å². The van der Waals surface area contributed by atoms with Crippen LogP contribution in [0.4, 0.5) is 5.82 Å². The van der Waals surface area contributed by atoms with Crippen LogP contribution in [-0.4, -0.2) is 40.4 Å². The van der Waals surface area contributed by atoms with Crippen molar-refractivity contribution >= 4 is 11.7 Å². The zero-order chi connectivity index (χ0) is 19.1. The largest absolute Gasteiger partial charge is 0.370 e. The lowest BCUT2D eigenvalue weighted by molar-refractivity contribution is 0.0677. The highest BCUT2D eigenvalue weighted by Crippen LogP contribution is 2.21. The molecule has 0 aliphatic carbocycles. The third kappa shape index (κ3) is 5.28. The van der Waals surface area contributed by atoms with Crippen LogP contribution in [0.1, 0.15) is 56.4 Å². The van der Waals surface area contributed by atoms with Crippen LogP contribution in [-0.2, 0) is 0 Å². The van der Waals surface area contributed by atoms with Crippen LogP contribution in [0.15, 0.2) is 36.4 Å². The number of anilines is 1. The maximum atomic E-state index is 13.1. The smallest absolute Gasteiger partial charge is 0.272 e. The fraction of sp³-hybridized carbons (Fsp3) is 0.500. The summed E-state index contributed by atoms with van der Waals surface area (Å²) in [5, 5.41) is 3.37. The first-order valence-electron chi connectivity index (χ1n) is 10.1. The predicted octanol–water partition coefficient (Wildman–Crippen LogP) is 4.62. The highest BCUT2D eigenvalue weighted by atomic mass is 16.2. The van der Waals surface area contributed by atoms with E-state index in [1.165, 1.54) is 19.3 Å². The second-order valence-electron chi connectivity index (χ2n) is 7.46. The van der Waals surface area contributed by atoms with E-state index in [1.807, 2.05) is 35.2 Å². The molecule has 0 bridgehead atoms. The third-order valence-corrected chi connectivity index (χ3v) is 5.01. The molecule has 27 heavy (non-hydrogen) atoms. The van der Waals surface area contributed by atoms with Crippen LogP contribution in [0.2, 0.25) is 0 Å². The zero-order valence-corrected chi connectivity index (χ0v) is 16.4.